The molecule has 0 aliphatic heterocycles. The summed E-state index contributed by atoms with van der Waals surface area (Å²) >= 11 is 0. The van der Waals surface area contributed by atoms with Crippen LogP contribution in [-0.4, -0.2) is 18.1 Å². The lowest BCUT2D eigenvalue weighted by atomic mass is 10.1. The second kappa shape index (κ2) is 6.64. The highest BCUT2D eigenvalue weighted by Crippen LogP contribution is 2.28. The predicted molar refractivity (Wildman–Crippen MR) is 88.8 cm³/mol. The fourth-order valence-corrected chi connectivity index (χ4v) is 2.71. The van der Waals surface area contributed by atoms with E-state index in [0.717, 1.165) is 37.3 Å². The molecule has 0 radical (unpaired) electrons. The van der Waals surface area contributed by atoms with Crippen LogP contribution < -0.4 is 10.5 Å². The van der Waals surface area contributed by atoms with E-state index in [1.54, 1.807) is 0 Å². The topological polar surface area (TPSA) is 51.0 Å². The minimum atomic E-state index is 0.774. The molecule has 0 aliphatic rings. The molecule has 1 aromatic heterocycles. The SMILES string of the molecule is NCCCCCCOc1ccc2c(c1)[nH]c1ccccc12. The zero-order valence-electron chi connectivity index (χ0n) is 12.3. The maximum Gasteiger partial charge on any atom is 0.121 e. The fraction of sp³-hybridized carbons (Fsp3) is 0.333. The molecule has 0 bridgehead atoms. The van der Waals surface area contributed by atoms with Gasteiger partial charge in [0.25, 0.3) is 0 Å². The average molecular weight is 282 g/mol. The molecule has 3 heteroatoms. The molecule has 3 rings (SSSR count). The molecule has 0 saturated carbocycles. The molecule has 0 amide bonds. The molecule has 0 atom stereocenters. The molecule has 2 aromatic carbocycles. The summed E-state index contributed by atoms with van der Waals surface area (Å²) < 4.78 is 5.84. The van der Waals surface area contributed by atoms with Crippen molar-refractivity contribution in [2.75, 3.05) is 13.2 Å². The minimum absolute atomic E-state index is 0.774. The van der Waals surface area contributed by atoms with E-state index >= 15 is 0 Å². The van der Waals surface area contributed by atoms with E-state index in [4.69, 9.17) is 10.5 Å². The molecule has 0 unspecified atom stereocenters. The molecule has 0 fully saturated rings. The van der Waals surface area contributed by atoms with E-state index in [1.807, 2.05) is 0 Å². The summed E-state index contributed by atoms with van der Waals surface area (Å²) in [6.07, 6.45) is 4.58. The van der Waals surface area contributed by atoms with Gasteiger partial charge in [-0.25, -0.2) is 0 Å². The maximum atomic E-state index is 5.84. The van der Waals surface area contributed by atoms with E-state index in [-0.39, 0.29) is 0 Å². The number of unbranched alkanes of at least 4 members (excludes halogenated alkanes) is 3. The highest BCUT2D eigenvalue weighted by molar-refractivity contribution is 6.07. The van der Waals surface area contributed by atoms with Crippen molar-refractivity contribution < 1.29 is 4.74 Å². The van der Waals surface area contributed by atoms with Crippen molar-refractivity contribution in [2.45, 2.75) is 25.7 Å². The summed E-state index contributed by atoms with van der Waals surface area (Å²) in [6, 6.07) is 14.7. The van der Waals surface area contributed by atoms with Crippen LogP contribution in [0.4, 0.5) is 0 Å². The number of para-hydroxylation sites is 1. The number of hydrogen-bond donors (Lipinski definition) is 2. The summed E-state index contributed by atoms with van der Waals surface area (Å²) in [5.41, 5.74) is 7.79. The Bertz CT molecular complexity index is 717. The van der Waals surface area contributed by atoms with Gasteiger partial charge in [-0.05, 0) is 37.6 Å². The summed E-state index contributed by atoms with van der Waals surface area (Å²) in [5, 5.41) is 2.52. The number of ether oxygens (including phenoxy) is 1. The van der Waals surface area contributed by atoms with Crippen molar-refractivity contribution >= 4 is 21.8 Å². The van der Waals surface area contributed by atoms with Gasteiger partial charge in [0.2, 0.25) is 0 Å². The molecule has 0 spiro atoms. The summed E-state index contributed by atoms with van der Waals surface area (Å²) in [4.78, 5) is 3.44. The van der Waals surface area contributed by atoms with Gasteiger partial charge in [-0.1, -0.05) is 31.0 Å². The highest BCUT2D eigenvalue weighted by atomic mass is 16.5. The van der Waals surface area contributed by atoms with Crippen LogP contribution in [0.25, 0.3) is 21.8 Å². The summed E-state index contributed by atoms with van der Waals surface area (Å²) in [6.45, 7) is 1.56. The zero-order valence-corrected chi connectivity index (χ0v) is 12.3. The Morgan fingerprint density at radius 2 is 1.67 bits per heavy atom. The number of fused-ring (bicyclic) bond motifs is 3. The smallest absolute Gasteiger partial charge is 0.121 e. The van der Waals surface area contributed by atoms with Crippen LogP contribution in [0.3, 0.4) is 0 Å². The second-order valence-electron chi connectivity index (χ2n) is 5.43. The van der Waals surface area contributed by atoms with Crippen molar-refractivity contribution in [1.82, 2.24) is 4.98 Å². The first-order valence-corrected chi connectivity index (χ1v) is 7.72. The minimum Gasteiger partial charge on any atom is -0.494 e. The number of H-pyrrole nitrogens is 1. The number of hydrogen-bond acceptors (Lipinski definition) is 2. The number of nitrogens with two attached hydrogens (primary N) is 1. The molecule has 21 heavy (non-hydrogen) atoms. The van der Waals surface area contributed by atoms with E-state index in [2.05, 4.69) is 47.4 Å². The number of rotatable bonds is 7. The van der Waals surface area contributed by atoms with Gasteiger partial charge in [-0.3, -0.25) is 0 Å². The molecule has 3 nitrogen and oxygen atoms in total. The third-order valence-corrected chi connectivity index (χ3v) is 3.84. The molecule has 110 valence electrons. The number of aromatic amines is 1. The normalized spacial score (nSPS) is 11.3. The number of benzene rings is 2. The Kier molecular flexibility index (Phi) is 4.41. The number of aromatic nitrogens is 1. The molecule has 3 N–H and O–H groups in total. The van der Waals surface area contributed by atoms with Gasteiger partial charge in [0.15, 0.2) is 0 Å². The van der Waals surface area contributed by atoms with Gasteiger partial charge in [0, 0.05) is 22.4 Å². The first-order valence-electron chi connectivity index (χ1n) is 7.72. The third-order valence-electron chi connectivity index (χ3n) is 3.84. The quantitative estimate of drug-likeness (QED) is 0.637. The van der Waals surface area contributed by atoms with Crippen LogP contribution in [0.2, 0.25) is 0 Å². The van der Waals surface area contributed by atoms with E-state index in [1.165, 1.54) is 29.1 Å². The van der Waals surface area contributed by atoms with Crippen LogP contribution in [0.15, 0.2) is 42.5 Å². The molecule has 0 saturated heterocycles. The monoisotopic (exact) mass is 282 g/mol. The molecule has 3 aromatic rings. The lowest BCUT2D eigenvalue weighted by molar-refractivity contribution is 0.305. The van der Waals surface area contributed by atoms with Crippen molar-refractivity contribution in [3.05, 3.63) is 42.5 Å². The van der Waals surface area contributed by atoms with E-state index in [0.29, 0.717) is 0 Å². The molecular formula is C18H22N2O. The van der Waals surface area contributed by atoms with Crippen molar-refractivity contribution in [1.29, 1.82) is 0 Å². The van der Waals surface area contributed by atoms with Gasteiger partial charge in [-0.15, -0.1) is 0 Å². The zero-order chi connectivity index (χ0) is 14.5. The Morgan fingerprint density at radius 3 is 2.57 bits per heavy atom. The van der Waals surface area contributed by atoms with Gasteiger partial charge in [0.05, 0.1) is 12.1 Å². The van der Waals surface area contributed by atoms with Crippen molar-refractivity contribution in [3.8, 4) is 5.75 Å². The first kappa shape index (κ1) is 14.0. The standard InChI is InChI=1S/C18H22N2O/c19-11-5-1-2-6-12-21-14-9-10-16-15-7-3-4-8-17(15)20-18(16)13-14/h3-4,7-10,13,20H,1-2,5-6,11-12,19H2. The van der Waals surface area contributed by atoms with Crippen molar-refractivity contribution in [3.63, 3.8) is 0 Å². The van der Waals surface area contributed by atoms with Gasteiger partial charge in [-0.2, -0.15) is 0 Å². The van der Waals surface area contributed by atoms with E-state index in [9.17, 15) is 0 Å². The third kappa shape index (κ3) is 3.19. The molecular weight excluding hydrogens is 260 g/mol. The van der Waals surface area contributed by atoms with Crippen LogP contribution in [0.1, 0.15) is 25.7 Å². The van der Waals surface area contributed by atoms with Gasteiger partial charge >= 0.3 is 0 Å². The van der Waals surface area contributed by atoms with Crippen LogP contribution in [-0.2, 0) is 0 Å². The average Bonchev–Trinajstić information content (AvgIpc) is 2.88. The van der Waals surface area contributed by atoms with Crippen LogP contribution >= 0.6 is 0 Å². The highest BCUT2D eigenvalue weighted by Gasteiger charge is 2.04. The van der Waals surface area contributed by atoms with Crippen LogP contribution in [0.5, 0.6) is 5.75 Å². The Labute approximate surface area is 125 Å². The van der Waals surface area contributed by atoms with Gasteiger partial charge < -0.3 is 15.5 Å². The van der Waals surface area contributed by atoms with Crippen molar-refractivity contribution in [2.24, 2.45) is 5.73 Å². The molecule has 0 aliphatic carbocycles. The Morgan fingerprint density at radius 1 is 0.857 bits per heavy atom. The van der Waals surface area contributed by atoms with Crippen LogP contribution in [0, 0.1) is 0 Å². The first-order chi connectivity index (χ1) is 10.4. The fourth-order valence-electron chi connectivity index (χ4n) is 2.71. The predicted octanol–water partition coefficient (Wildman–Crippen LogP) is 4.22. The Hall–Kier alpha value is -2.00. The van der Waals surface area contributed by atoms with E-state index < -0.39 is 0 Å². The Balaban J connectivity index is 1.66. The molecule has 1 heterocycles. The lowest BCUT2D eigenvalue weighted by Crippen LogP contribution is -2.00. The summed E-state index contributed by atoms with van der Waals surface area (Å²) in [5.74, 6) is 0.938. The largest absolute Gasteiger partial charge is 0.494 e. The maximum absolute atomic E-state index is 5.84. The van der Waals surface area contributed by atoms with Gasteiger partial charge in [0.1, 0.15) is 5.75 Å². The summed E-state index contributed by atoms with van der Waals surface area (Å²) in [7, 11) is 0. The number of nitrogens with one attached hydrogen (secondary N) is 1. The second-order valence-corrected chi connectivity index (χ2v) is 5.43. The lowest BCUT2D eigenvalue weighted by Gasteiger charge is -2.06.